The molecule has 1 heterocycles. The summed E-state index contributed by atoms with van der Waals surface area (Å²) in [7, 11) is 1.69. The van der Waals surface area contributed by atoms with E-state index in [-0.39, 0.29) is 37.4 Å². The molecule has 2 amide bonds. The Morgan fingerprint density at radius 1 is 1.21 bits per heavy atom. The Hall–Kier alpha value is -1.67. The highest BCUT2D eigenvalue weighted by molar-refractivity contribution is 5.89. The van der Waals surface area contributed by atoms with Crippen LogP contribution in [0.5, 0.6) is 0 Å². The summed E-state index contributed by atoms with van der Waals surface area (Å²) >= 11 is 0. The fourth-order valence-electron chi connectivity index (χ4n) is 2.18. The molecule has 0 radical (unpaired) electrons. The summed E-state index contributed by atoms with van der Waals surface area (Å²) in [6.45, 7) is 7.05. The fraction of sp³-hybridized carbons (Fsp3) is 0.812. The van der Waals surface area contributed by atoms with Crippen LogP contribution in [0.15, 0.2) is 0 Å². The van der Waals surface area contributed by atoms with E-state index in [0.29, 0.717) is 26.3 Å². The Morgan fingerprint density at radius 2 is 1.88 bits per heavy atom. The number of nitrogens with zero attached hydrogens (tertiary/aromatic N) is 1. The highest BCUT2D eigenvalue weighted by Crippen LogP contribution is 2.15. The SMILES string of the molecule is CN1C[C@@H](C(=O)NCCOCCOCC(=O)OC(C)(C)C)CC1=O. The van der Waals surface area contributed by atoms with Gasteiger partial charge in [0.15, 0.2) is 0 Å². The lowest BCUT2D eigenvalue weighted by Gasteiger charge is -2.19. The van der Waals surface area contributed by atoms with Gasteiger partial charge in [0, 0.05) is 26.6 Å². The summed E-state index contributed by atoms with van der Waals surface area (Å²) in [5.74, 6) is -0.823. The molecule has 138 valence electrons. The van der Waals surface area contributed by atoms with E-state index in [1.165, 1.54) is 0 Å². The van der Waals surface area contributed by atoms with Gasteiger partial charge >= 0.3 is 5.97 Å². The van der Waals surface area contributed by atoms with Gasteiger partial charge in [-0.2, -0.15) is 0 Å². The van der Waals surface area contributed by atoms with Crippen molar-refractivity contribution in [3.8, 4) is 0 Å². The zero-order valence-corrected chi connectivity index (χ0v) is 14.9. The van der Waals surface area contributed by atoms with Crippen molar-refractivity contribution in [2.24, 2.45) is 5.92 Å². The molecule has 0 aromatic rings. The summed E-state index contributed by atoms with van der Waals surface area (Å²) in [6, 6.07) is 0. The van der Waals surface area contributed by atoms with Crippen LogP contribution in [-0.2, 0) is 28.6 Å². The van der Waals surface area contributed by atoms with Crippen LogP contribution in [-0.4, -0.2) is 74.8 Å². The molecule has 1 aliphatic rings. The molecular formula is C16H28N2O6. The standard InChI is InChI=1S/C16H28N2O6/c1-16(2,3)24-14(20)11-23-8-7-22-6-5-17-15(21)12-9-13(19)18(4)10-12/h12H,5-11H2,1-4H3,(H,17,21)/t12-/m0/s1. The third-order valence-electron chi connectivity index (χ3n) is 3.27. The van der Waals surface area contributed by atoms with E-state index in [9.17, 15) is 14.4 Å². The van der Waals surface area contributed by atoms with Gasteiger partial charge in [-0.05, 0) is 20.8 Å². The first kappa shape index (κ1) is 20.4. The zero-order valence-electron chi connectivity index (χ0n) is 14.9. The maximum atomic E-state index is 11.8. The maximum Gasteiger partial charge on any atom is 0.332 e. The predicted octanol–water partition coefficient (Wildman–Crippen LogP) is -0.0442. The number of hydrogen-bond donors (Lipinski definition) is 1. The molecule has 0 unspecified atom stereocenters. The summed E-state index contributed by atoms with van der Waals surface area (Å²) in [5, 5.41) is 2.74. The minimum Gasteiger partial charge on any atom is -0.458 e. The van der Waals surface area contributed by atoms with Crippen molar-refractivity contribution >= 4 is 17.8 Å². The fourth-order valence-corrected chi connectivity index (χ4v) is 2.18. The van der Waals surface area contributed by atoms with Crippen molar-refractivity contribution in [1.29, 1.82) is 0 Å². The molecule has 8 nitrogen and oxygen atoms in total. The van der Waals surface area contributed by atoms with E-state index < -0.39 is 11.6 Å². The molecule has 1 saturated heterocycles. The summed E-state index contributed by atoms with van der Waals surface area (Å²) in [4.78, 5) is 36.1. The van der Waals surface area contributed by atoms with E-state index in [0.717, 1.165) is 0 Å². The number of likely N-dealkylation sites (tertiary alicyclic amines) is 1. The monoisotopic (exact) mass is 344 g/mol. The average molecular weight is 344 g/mol. The summed E-state index contributed by atoms with van der Waals surface area (Å²) < 4.78 is 15.5. The first-order valence-electron chi connectivity index (χ1n) is 8.08. The highest BCUT2D eigenvalue weighted by atomic mass is 16.6. The number of nitrogens with one attached hydrogen (secondary N) is 1. The second kappa shape index (κ2) is 9.58. The zero-order chi connectivity index (χ0) is 18.2. The molecule has 1 rings (SSSR count). The van der Waals surface area contributed by atoms with E-state index >= 15 is 0 Å². The molecular weight excluding hydrogens is 316 g/mol. The molecule has 0 aliphatic carbocycles. The number of amides is 2. The van der Waals surface area contributed by atoms with Crippen molar-refractivity contribution < 1.29 is 28.6 Å². The Balaban J connectivity index is 1.96. The molecule has 24 heavy (non-hydrogen) atoms. The minimum absolute atomic E-state index is 0.00599. The third kappa shape index (κ3) is 8.26. The van der Waals surface area contributed by atoms with Crippen LogP contribution < -0.4 is 5.32 Å². The predicted molar refractivity (Wildman–Crippen MR) is 86.2 cm³/mol. The molecule has 0 aromatic heterocycles. The van der Waals surface area contributed by atoms with Gasteiger partial charge in [0.1, 0.15) is 12.2 Å². The van der Waals surface area contributed by atoms with Crippen LogP contribution in [0.2, 0.25) is 0 Å². The first-order valence-corrected chi connectivity index (χ1v) is 8.08. The van der Waals surface area contributed by atoms with Crippen molar-refractivity contribution in [2.75, 3.05) is 46.6 Å². The molecule has 1 atom stereocenters. The lowest BCUT2D eigenvalue weighted by Crippen LogP contribution is -2.34. The van der Waals surface area contributed by atoms with Gasteiger partial charge in [-0.15, -0.1) is 0 Å². The molecule has 1 aliphatic heterocycles. The molecule has 0 aromatic carbocycles. The van der Waals surface area contributed by atoms with Gasteiger partial charge in [-0.3, -0.25) is 9.59 Å². The number of esters is 1. The van der Waals surface area contributed by atoms with E-state index in [1.807, 2.05) is 0 Å². The smallest absolute Gasteiger partial charge is 0.332 e. The second-order valence-electron chi connectivity index (χ2n) is 6.72. The third-order valence-corrected chi connectivity index (χ3v) is 3.27. The Bertz CT molecular complexity index is 446. The van der Waals surface area contributed by atoms with Crippen LogP contribution in [0, 0.1) is 5.92 Å². The van der Waals surface area contributed by atoms with E-state index in [2.05, 4.69) is 5.32 Å². The molecule has 1 fully saturated rings. The van der Waals surface area contributed by atoms with Crippen LogP contribution >= 0.6 is 0 Å². The van der Waals surface area contributed by atoms with E-state index in [1.54, 1.807) is 32.7 Å². The Kier molecular flexibility index (Phi) is 8.14. The molecule has 1 N–H and O–H groups in total. The quantitative estimate of drug-likeness (QED) is 0.466. The van der Waals surface area contributed by atoms with Gasteiger partial charge in [0.05, 0.1) is 25.7 Å². The lowest BCUT2D eigenvalue weighted by atomic mass is 10.1. The molecule has 0 bridgehead atoms. The van der Waals surface area contributed by atoms with Crippen LogP contribution in [0.3, 0.4) is 0 Å². The van der Waals surface area contributed by atoms with Crippen LogP contribution in [0.25, 0.3) is 0 Å². The van der Waals surface area contributed by atoms with Crippen molar-refractivity contribution in [1.82, 2.24) is 10.2 Å². The summed E-state index contributed by atoms with van der Waals surface area (Å²) in [6.07, 6.45) is 0.266. The van der Waals surface area contributed by atoms with Gasteiger partial charge in [-0.25, -0.2) is 4.79 Å². The topological polar surface area (TPSA) is 94.2 Å². The Morgan fingerprint density at radius 3 is 2.46 bits per heavy atom. The number of ether oxygens (including phenoxy) is 3. The molecule has 8 heteroatoms. The largest absolute Gasteiger partial charge is 0.458 e. The van der Waals surface area contributed by atoms with Crippen molar-refractivity contribution in [3.05, 3.63) is 0 Å². The average Bonchev–Trinajstić information content (AvgIpc) is 2.79. The van der Waals surface area contributed by atoms with Crippen LogP contribution in [0.4, 0.5) is 0 Å². The molecule has 0 spiro atoms. The highest BCUT2D eigenvalue weighted by Gasteiger charge is 2.31. The maximum absolute atomic E-state index is 11.8. The normalized spacial score (nSPS) is 17.9. The second-order valence-corrected chi connectivity index (χ2v) is 6.72. The minimum atomic E-state index is -0.520. The number of rotatable bonds is 9. The van der Waals surface area contributed by atoms with Crippen molar-refractivity contribution in [3.63, 3.8) is 0 Å². The van der Waals surface area contributed by atoms with Gasteiger partial charge in [0.2, 0.25) is 11.8 Å². The number of carbonyl (C=O) groups is 3. The Labute approximate surface area is 142 Å². The van der Waals surface area contributed by atoms with Crippen molar-refractivity contribution in [2.45, 2.75) is 32.8 Å². The van der Waals surface area contributed by atoms with Gasteiger partial charge in [0.25, 0.3) is 0 Å². The van der Waals surface area contributed by atoms with E-state index in [4.69, 9.17) is 14.2 Å². The first-order chi connectivity index (χ1) is 11.2. The lowest BCUT2D eigenvalue weighted by molar-refractivity contribution is -0.160. The summed E-state index contributed by atoms with van der Waals surface area (Å²) in [5.41, 5.74) is -0.520. The molecule has 0 saturated carbocycles. The number of hydrogen-bond acceptors (Lipinski definition) is 6. The van der Waals surface area contributed by atoms with Crippen LogP contribution in [0.1, 0.15) is 27.2 Å². The number of carbonyl (C=O) groups excluding carboxylic acids is 3. The van der Waals surface area contributed by atoms with Gasteiger partial charge < -0.3 is 24.4 Å². The van der Waals surface area contributed by atoms with Gasteiger partial charge in [-0.1, -0.05) is 0 Å².